The first-order valence-corrected chi connectivity index (χ1v) is 4.72. The van der Waals surface area contributed by atoms with Crippen LogP contribution in [0.2, 0.25) is 0 Å². The van der Waals surface area contributed by atoms with E-state index < -0.39 is 11.9 Å². The van der Waals surface area contributed by atoms with Crippen LogP contribution in [0.15, 0.2) is 11.1 Å². The van der Waals surface area contributed by atoms with E-state index in [9.17, 15) is 4.79 Å². The van der Waals surface area contributed by atoms with E-state index in [0.29, 0.717) is 13.0 Å². The maximum Gasteiger partial charge on any atom is 0.323 e. The number of carbonyl (C=O) groups is 1. The van der Waals surface area contributed by atoms with Crippen LogP contribution >= 0.6 is 0 Å². The molecule has 0 spiro atoms. The number of hydrogen-bond acceptors (Lipinski definition) is 3. The molecule has 0 saturated heterocycles. The molecule has 0 aromatic heterocycles. The molecule has 3 nitrogen and oxygen atoms in total. The zero-order chi connectivity index (χ0) is 11.1. The molecule has 0 rings (SSSR count). The van der Waals surface area contributed by atoms with Crippen LogP contribution in [0.3, 0.4) is 0 Å². The van der Waals surface area contributed by atoms with Gasteiger partial charge in [-0.2, -0.15) is 5.26 Å². The molecule has 0 heterocycles. The Balaban J connectivity index is 4.40. The van der Waals surface area contributed by atoms with Crippen molar-refractivity contribution >= 4 is 5.97 Å². The van der Waals surface area contributed by atoms with Crippen molar-refractivity contribution in [3.8, 4) is 6.07 Å². The summed E-state index contributed by atoms with van der Waals surface area (Å²) in [6.07, 6.45) is 0.470. The van der Waals surface area contributed by atoms with E-state index in [2.05, 4.69) is 0 Å². The highest BCUT2D eigenvalue weighted by Gasteiger charge is 2.19. The molecule has 14 heavy (non-hydrogen) atoms. The van der Waals surface area contributed by atoms with Gasteiger partial charge in [0.25, 0.3) is 0 Å². The lowest BCUT2D eigenvalue weighted by atomic mass is 9.99. The van der Waals surface area contributed by atoms with Gasteiger partial charge in [0, 0.05) is 0 Å². The first-order valence-electron chi connectivity index (χ1n) is 4.72. The zero-order valence-electron chi connectivity index (χ0n) is 9.26. The summed E-state index contributed by atoms with van der Waals surface area (Å²) in [7, 11) is 0. The van der Waals surface area contributed by atoms with E-state index >= 15 is 0 Å². The molecule has 0 amide bonds. The van der Waals surface area contributed by atoms with E-state index in [-0.39, 0.29) is 0 Å². The van der Waals surface area contributed by atoms with Crippen LogP contribution in [0.25, 0.3) is 0 Å². The van der Waals surface area contributed by atoms with Gasteiger partial charge in [-0.05, 0) is 34.1 Å². The number of allylic oxidation sites excluding steroid dienone is 2. The van der Waals surface area contributed by atoms with E-state index in [0.717, 1.165) is 11.1 Å². The number of carbonyl (C=O) groups excluding carboxylic acids is 1. The molecule has 0 aromatic carbocycles. The monoisotopic (exact) mass is 195 g/mol. The van der Waals surface area contributed by atoms with Crippen molar-refractivity contribution in [3.05, 3.63) is 11.1 Å². The Kier molecular flexibility index (Phi) is 5.62. The number of esters is 1. The summed E-state index contributed by atoms with van der Waals surface area (Å²) in [5.41, 5.74) is 2.22. The standard InChI is InChI=1S/C11H17NO2/c1-5-14-11(13)10(7-12)6-9(4)8(2)3/h10H,5-6H2,1-4H3. The minimum Gasteiger partial charge on any atom is -0.465 e. The van der Waals surface area contributed by atoms with Gasteiger partial charge in [0.1, 0.15) is 5.92 Å². The smallest absolute Gasteiger partial charge is 0.323 e. The third kappa shape index (κ3) is 4.08. The van der Waals surface area contributed by atoms with Gasteiger partial charge >= 0.3 is 5.97 Å². The normalized spacial score (nSPS) is 11.4. The molecule has 0 radical (unpaired) electrons. The molecule has 0 aliphatic heterocycles. The van der Waals surface area contributed by atoms with Crippen molar-refractivity contribution in [3.63, 3.8) is 0 Å². The predicted molar refractivity (Wildman–Crippen MR) is 54.4 cm³/mol. The third-order valence-electron chi connectivity index (χ3n) is 2.09. The summed E-state index contributed by atoms with van der Waals surface area (Å²) in [6.45, 7) is 7.92. The summed E-state index contributed by atoms with van der Waals surface area (Å²) >= 11 is 0. The molecule has 0 aliphatic carbocycles. The molecule has 0 N–H and O–H groups in total. The molecule has 0 aromatic rings. The molecule has 1 atom stereocenters. The van der Waals surface area contributed by atoms with Crippen LogP contribution in [0.5, 0.6) is 0 Å². The van der Waals surface area contributed by atoms with Crippen molar-refractivity contribution in [2.75, 3.05) is 6.61 Å². The van der Waals surface area contributed by atoms with Crippen LogP contribution in [0.1, 0.15) is 34.1 Å². The SMILES string of the molecule is CCOC(=O)C(C#N)CC(C)=C(C)C. The Morgan fingerprint density at radius 2 is 2.00 bits per heavy atom. The van der Waals surface area contributed by atoms with Gasteiger partial charge in [-0.3, -0.25) is 4.79 Å². The molecule has 0 aliphatic rings. The van der Waals surface area contributed by atoms with E-state index in [1.54, 1.807) is 6.92 Å². The molecule has 0 bridgehead atoms. The van der Waals surface area contributed by atoms with Crippen LogP contribution in [-0.2, 0) is 9.53 Å². The summed E-state index contributed by atoms with van der Waals surface area (Å²) in [4.78, 5) is 11.3. The second kappa shape index (κ2) is 6.20. The molecule has 0 saturated carbocycles. The first-order chi connectivity index (χ1) is 6.52. The minimum absolute atomic E-state index is 0.324. The zero-order valence-corrected chi connectivity index (χ0v) is 9.26. The van der Waals surface area contributed by atoms with Gasteiger partial charge < -0.3 is 4.74 Å². The number of nitriles is 1. The van der Waals surface area contributed by atoms with E-state index in [1.165, 1.54) is 0 Å². The van der Waals surface area contributed by atoms with Gasteiger partial charge in [-0.25, -0.2) is 0 Å². The fourth-order valence-electron chi connectivity index (χ4n) is 0.935. The lowest BCUT2D eigenvalue weighted by Gasteiger charge is -2.09. The highest BCUT2D eigenvalue weighted by Crippen LogP contribution is 2.15. The van der Waals surface area contributed by atoms with Crippen molar-refractivity contribution in [1.82, 2.24) is 0 Å². The predicted octanol–water partition coefficient (Wildman–Crippen LogP) is 2.44. The van der Waals surface area contributed by atoms with Crippen LogP contribution in [-0.4, -0.2) is 12.6 Å². The molecule has 3 heteroatoms. The summed E-state index contributed by atoms with van der Waals surface area (Å²) < 4.78 is 4.79. The van der Waals surface area contributed by atoms with E-state index in [1.807, 2.05) is 26.8 Å². The number of nitrogens with zero attached hydrogens (tertiary/aromatic N) is 1. The average Bonchev–Trinajstić information content (AvgIpc) is 2.13. The van der Waals surface area contributed by atoms with E-state index in [4.69, 9.17) is 10.00 Å². The first kappa shape index (κ1) is 12.7. The van der Waals surface area contributed by atoms with Gasteiger partial charge in [-0.1, -0.05) is 11.1 Å². The van der Waals surface area contributed by atoms with Gasteiger partial charge in [-0.15, -0.1) is 0 Å². The Labute approximate surface area is 85.4 Å². The fourth-order valence-corrected chi connectivity index (χ4v) is 0.935. The minimum atomic E-state index is -0.662. The lowest BCUT2D eigenvalue weighted by molar-refractivity contribution is -0.145. The second-order valence-electron chi connectivity index (χ2n) is 3.42. The maximum absolute atomic E-state index is 11.3. The Morgan fingerprint density at radius 3 is 2.36 bits per heavy atom. The third-order valence-corrected chi connectivity index (χ3v) is 2.09. The number of hydrogen-bond donors (Lipinski definition) is 0. The topological polar surface area (TPSA) is 50.1 Å². The largest absolute Gasteiger partial charge is 0.465 e. The van der Waals surface area contributed by atoms with Crippen molar-refractivity contribution in [2.45, 2.75) is 34.1 Å². The highest BCUT2D eigenvalue weighted by atomic mass is 16.5. The molecule has 0 fully saturated rings. The highest BCUT2D eigenvalue weighted by molar-refractivity contribution is 5.75. The van der Waals surface area contributed by atoms with Crippen molar-refractivity contribution < 1.29 is 9.53 Å². The Bertz CT molecular complexity index is 270. The number of ether oxygens (including phenoxy) is 1. The van der Waals surface area contributed by atoms with Crippen molar-refractivity contribution in [1.29, 1.82) is 5.26 Å². The van der Waals surface area contributed by atoms with Gasteiger partial charge in [0.2, 0.25) is 0 Å². The number of rotatable bonds is 4. The second-order valence-corrected chi connectivity index (χ2v) is 3.42. The summed E-state index contributed by atoms with van der Waals surface area (Å²) in [5, 5.41) is 8.78. The molecular weight excluding hydrogens is 178 g/mol. The lowest BCUT2D eigenvalue weighted by Crippen LogP contribution is -2.16. The Morgan fingerprint density at radius 1 is 1.43 bits per heavy atom. The van der Waals surface area contributed by atoms with Crippen LogP contribution in [0, 0.1) is 17.2 Å². The summed E-state index contributed by atoms with van der Waals surface area (Å²) in [6, 6.07) is 1.96. The summed E-state index contributed by atoms with van der Waals surface area (Å²) in [5.74, 6) is -1.08. The molecule has 78 valence electrons. The van der Waals surface area contributed by atoms with Crippen LogP contribution < -0.4 is 0 Å². The van der Waals surface area contributed by atoms with Gasteiger partial charge in [0.05, 0.1) is 12.7 Å². The van der Waals surface area contributed by atoms with Crippen molar-refractivity contribution in [2.24, 2.45) is 5.92 Å². The quantitative estimate of drug-likeness (QED) is 0.511. The van der Waals surface area contributed by atoms with Crippen LogP contribution in [0.4, 0.5) is 0 Å². The van der Waals surface area contributed by atoms with Gasteiger partial charge in [0.15, 0.2) is 0 Å². The fraction of sp³-hybridized carbons (Fsp3) is 0.636. The Hall–Kier alpha value is -1.30. The molecule has 1 unspecified atom stereocenters. The molecular formula is C11H17NO2. The maximum atomic E-state index is 11.3. The average molecular weight is 195 g/mol.